The van der Waals surface area contributed by atoms with E-state index in [0.29, 0.717) is 5.69 Å². The molecule has 16 heavy (non-hydrogen) atoms. The average molecular weight is 222 g/mol. The lowest BCUT2D eigenvalue weighted by atomic mass is 10.1. The number of hydrogen-bond donors (Lipinski definition) is 1. The number of nitrogens with zero attached hydrogens (tertiary/aromatic N) is 1. The Morgan fingerprint density at radius 3 is 2.75 bits per heavy atom. The molecule has 0 fully saturated rings. The third-order valence-corrected chi connectivity index (χ3v) is 2.72. The number of nitrogens with one attached hydrogen (secondary N) is 1. The molecule has 3 nitrogen and oxygen atoms in total. The summed E-state index contributed by atoms with van der Waals surface area (Å²) < 4.78 is 13.2. The maximum atomic E-state index is 13.2. The van der Waals surface area contributed by atoms with E-state index in [1.807, 2.05) is 20.8 Å². The predicted octanol–water partition coefficient (Wildman–Crippen LogP) is 2.38. The molecule has 1 heterocycles. The van der Waals surface area contributed by atoms with Gasteiger partial charge in [0.1, 0.15) is 11.9 Å². The Hall–Kier alpha value is -1.58. The number of amides is 1. The first-order chi connectivity index (χ1) is 7.50. The summed E-state index contributed by atoms with van der Waals surface area (Å²) in [5.41, 5.74) is 1.43. The molecule has 1 aromatic carbocycles. The highest BCUT2D eigenvalue weighted by atomic mass is 19.1. The molecular weight excluding hydrogens is 207 g/mol. The minimum absolute atomic E-state index is 0.0203. The zero-order valence-electron chi connectivity index (χ0n) is 9.62. The van der Waals surface area contributed by atoms with Crippen LogP contribution in [0.1, 0.15) is 20.8 Å². The van der Waals surface area contributed by atoms with Crippen LogP contribution in [0, 0.1) is 5.82 Å². The molecule has 1 N–H and O–H groups in total. The van der Waals surface area contributed by atoms with Crippen molar-refractivity contribution < 1.29 is 9.18 Å². The second-order valence-corrected chi connectivity index (χ2v) is 4.33. The van der Waals surface area contributed by atoms with Crippen molar-refractivity contribution in [1.29, 1.82) is 0 Å². The average Bonchev–Trinajstić information content (AvgIpc) is 2.20. The van der Waals surface area contributed by atoms with E-state index < -0.39 is 0 Å². The summed E-state index contributed by atoms with van der Waals surface area (Å²) in [7, 11) is 0. The van der Waals surface area contributed by atoms with E-state index >= 15 is 0 Å². The summed E-state index contributed by atoms with van der Waals surface area (Å²) in [6.45, 7) is 5.65. The fourth-order valence-corrected chi connectivity index (χ4v) is 1.98. The lowest BCUT2D eigenvalue weighted by Gasteiger charge is -2.36. The molecule has 0 saturated heterocycles. The first-order valence-corrected chi connectivity index (χ1v) is 5.40. The predicted molar refractivity (Wildman–Crippen MR) is 62.1 cm³/mol. The molecule has 0 bridgehead atoms. The minimum atomic E-state index is -0.325. The molecule has 1 amide bonds. The van der Waals surface area contributed by atoms with Gasteiger partial charge in [-0.1, -0.05) is 0 Å². The van der Waals surface area contributed by atoms with Gasteiger partial charge in [0, 0.05) is 6.04 Å². The van der Waals surface area contributed by atoms with Crippen LogP contribution in [0.25, 0.3) is 0 Å². The molecule has 4 heteroatoms. The van der Waals surface area contributed by atoms with Crippen LogP contribution in [-0.4, -0.2) is 18.0 Å². The second-order valence-electron chi connectivity index (χ2n) is 4.33. The molecule has 0 saturated carbocycles. The van der Waals surface area contributed by atoms with E-state index in [0.717, 1.165) is 5.69 Å². The Labute approximate surface area is 94.3 Å². The van der Waals surface area contributed by atoms with Crippen molar-refractivity contribution in [2.45, 2.75) is 32.9 Å². The van der Waals surface area contributed by atoms with Gasteiger partial charge in [-0.05, 0) is 39.0 Å². The normalized spacial score (nSPS) is 19.7. The van der Waals surface area contributed by atoms with Gasteiger partial charge in [-0.2, -0.15) is 0 Å². The molecule has 1 aliphatic heterocycles. The van der Waals surface area contributed by atoms with Crippen molar-refractivity contribution in [3.8, 4) is 0 Å². The highest BCUT2D eigenvalue weighted by molar-refractivity contribution is 6.05. The summed E-state index contributed by atoms with van der Waals surface area (Å²) in [5.74, 6) is -0.346. The van der Waals surface area contributed by atoms with Crippen LogP contribution >= 0.6 is 0 Å². The van der Waals surface area contributed by atoms with Crippen molar-refractivity contribution >= 4 is 17.3 Å². The topological polar surface area (TPSA) is 32.3 Å². The monoisotopic (exact) mass is 222 g/mol. The highest BCUT2D eigenvalue weighted by Gasteiger charge is 2.31. The van der Waals surface area contributed by atoms with E-state index in [-0.39, 0.29) is 23.8 Å². The summed E-state index contributed by atoms with van der Waals surface area (Å²) in [6, 6.07) is 4.22. The van der Waals surface area contributed by atoms with E-state index in [1.54, 1.807) is 11.0 Å². The van der Waals surface area contributed by atoms with Crippen LogP contribution in [0.3, 0.4) is 0 Å². The van der Waals surface area contributed by atoms with E-state index in [4.69, 9.17) is 0 Å². The van der Waals surface area contributed by atoms with Gasteiger partial charge in [-0.15, -0.1) is 0 Å². The molecule has 1 aromatic rings. The van der Waals surface area contributed by atoms with Crippen LogP contribution in [-0.2, 0) is 4.79 Å². The SMILES string of the molecule is CC1Nc2ccc(F)cc2N(C(C)C)C1=O. The number of anilines is 2. The molecular formula is C12H15FN2O. The number of halogens is 1. The fraction of sp³-hybridized carbons (Fsp3) is 0.417. The third-order valence-electron chi connectivity index (χ3n) is 2.72. The summed E-state index contributed by atoms with van der Waals surface area (Å²) in [6.07, 6.45) is 0. The van der Waals surface area contributed by atoms with Gasteiger partial charge in [-0.25, -0.2) is 4.39 Å². The number of hydrogen-bond acceptors (Lipinski definition) is 2. The molecule has 2 rings (SSSR count). The van der Waals surface area contributed by atoms with Crippen LogP contribution in [0.15, 0.2) is 18.2 Å². The van der Waals surface area contributed by atoms with Crippen molar-refractivity contribution in [1.82, 2.24) is 0 Å². The minimum Gasteiger partial charge on any atom is -0.372 e. The first kappa shape index (κ1) is 10.9. The summed E-state index contributed by atoms with van der Waals surface area (Å²) >= 11 is 0. The molecule has 1 aliphatic rings. The third kappa shape index (κ3) is 1.64. The van der Waals surface area contributed by atoms with Gasteiger partial charge in [0.05, 0.1) is 11.4 Å². The number of rotatable bonds is 1. The van der Waals surface area contributed by atoms with E-state index in [2.05, 4.69) is 5.32 Å². The number of carbonyl (C=O) groups is 1. The second kappa shape index (κ2) is 3.77. The van der Waals surface area contributed by atoms with E-state index in [1.165, 1.54) is 12.1 Å². The van der Waals surface area contributed by atoms with Gasteiger partial charge in [0.2, 0.25) is 5.91 Å². The smallest absolute Gasteiger partial charge is 0.249 e. The van der Waals surface area contributed by atoms with Crippen molar-refractivity contribution in [2.75, 3.05) is 10.2 Å². The summed E-state index contributed by atoms with van der Waals surface area (Å²) in [5, 5.41) is 3.06. The maximum absolute atomic E-state index is 13.2. The van der Waals surface area contributed by atoms with Gasteiger partial charge >= 0.3 is 0 Å². The van der Waals surface area contributed by atoms with Gasteiger partial charge < -0.3 is 10.2 Å². The summed E-state index contributed by atoms with van der Waals surface area (Å²) in [4.78, 5) is 13.6. The Morgan fingerprint density at radius 1 is 1.44 bits per heavy atom. The zero-order valence-corrected chi connectivity index (χ0v) is 9.62. The molecule has 1 atom stereocenters. The van der Waals surface area contributed by atoms with Crippen LogP contribution in [0.4, 0.5) is 15.8 Å². The Morgan fingerprint density at radius 2 is 2.12 bits per heavy atom. The fourth-order valence-electron chi connectivity index (χ4n) is 1.98. The Bertz CT molecular complexity index is 431. The van der Waals surface area contributed by atoms with Crippen molar-refractivity contribution in [3.63, 3.8) is 0 Å². The number of fused-ring (bicyclic) bond motifs is 1. The standard InChI is InChI=1S/C12H15FN2O/c1-7(2)15-11-6-9(13)4-5-10(11)14-8(3)12(15)16/h4-8,14H,1-3H3. The van der Waals surface area contributed by atoms with Gasteiger partial charge in [0.25, 0.3) is 0 Å². The molecule has 0 radical (unpaired) electrons. The molecule has 1 unspecified atom stereocenters. The highest BCUT2D eigenvalue weighted by Crippen LogP contribution is 2.33. The van der Waals surface area contributed by atoms with Gasteiger partial charge in [0.15, 0.2) is 0 Å². The van der Waals surface area contributed by atoms with Crippen LogP contribution in [0.2, 0.25) is 0 Å². The zero-order chi connectivity index (χ0) is 11.9. The van der Waals surface area contributed by atoms with E-state index in [9.17, 15) is 9.18 Å². The lowest BCUT2D eigenvalue weighted by Crippen LogP contribution is -2.48. The first-order valence-electron chi connectivity index (χ1n) is 5.40. The molecule has 0 spiro atoms. The maximum Gasteiger partial charge on any atom is 0.249 e. The largest absolute Gasteiger partial charge is 0.372 e. The number of benzene rings is 1. The molecule has 0 aromatic heterocycles. The Kier molecular flexibility index (Phi) is 2.58. The lowest BCUT2D eigenvalue weighted by molar-refractivity contribution is -0.119. The Balaban J connectivity index is 2.53. The van der Waals surface area contributed by atoms with Crippen molar-refractivity contribution in [3.05, 3.63) is 24.0 Å². The van der Waals surface area contributed by atoms with Gasteiger partial charge in [-0.3, -0.25) is 4.79 Å². The van der Waals surface area contributed by atoms with Crippen molar-refractivity contribution in [2.24, 2.45) is 0 Å². The van der Waals surface area contributed by atoms with Crippen LogP contribution < -0.4 is 10.2 Å². The number of carbonyl (C=O) groups excluding carboxylic acids is 1. The quantitative estimate of drug-likeness (QED) is 0.791. The molecule has 86 valence electrons. The molecule has 0 aliphatic carbocycles. The van der Waals surface area contributed by atoms with Crippen LogP contribution in [0.5, 0.6) is 0 Å².